The molecule has 0 saturated carbocycles. The van der Waals surface area contributed by atoms with Gasteiger partial charge in [0, 0.05) is 5.56 Å². The van der Waals surface area contributed by atoms with Crippen LogP contribution in [0.5, 0.6) is 0 Å². The van der Waals surface area contributed by atoms with E-state index in [1.54, 1.807) is 77.9 Å². The molecule has 0 aliphatic carbocycles. The zero-order valence-corrected chi connectivity index (χ0v) is 21.0. The van der Waals surface area contributed by atoms with Crippen LogP contribution in [-0.4, -0.2) is 39.9 Å². The third-order valence-corrected chi connectivity index (χ3v) is 4.45. The van der Waals surface area contributed by atoms with E-state index >= 15 is 0 Å². The second-order valence-electron chi connectivity index (χ2n) is 9.92. The molecule has 182 valence electrons. The minimum atomic E-state index is -1.14. The quantitative estimate of drug-likeness (QED) is 0.520. The Morgan fingerprint density at radius 2 is 1.24 bits per heavy atom. The van der Waals surface area contributed by atoms with Crippen LogP contribution < -0.4 is 4.90 Å². The van der Waals surface area contributed by atoms with E-state index < -0.39 is 40.9 Å². The fraction of sp³-hybridized carbons (Fsp3) is 0.423. The van der Waals surface area contributed by atoms with Gasteiger partial charge in [-0.2, -0.15) is 4.90 Å². The Morgan fingerprint density at radius 1 is 0.765 bits per heavy atom. The number of nitrogens with zero attached hydrogens (tertiary/aromatic N) is 2. The fourth-order valence-electron chi connectivity index (χ4n) is 3.20. The van der Waals surface area contributed by atoms with Gasteiger partial charge in [-0.25, -0.2) is 14.6 Å². The molecule has 1 aromatic heterocycles. The van der Waals surface area contributed by atoms with E-state index in [2.05, 4.69) is 4.98 Å². The number of Topliss-reactive ketones (excluding diaryl/α,β-unsaturated/α-hetero) is 2. The molecule has 0 aliphatic rings. The molecule has 2 rings (SSSR count). The normalized spacial score (nSPS) is 11.7. The molecule has 0 unspecified atom stereocenters. The number of aromatic nitrogens is 1. The van der Waals surface area contributed by atoms with Crippen molar-refractivity contribution < 1.29 is 28.7 Å². The number of ether oxygens (including phenoxy) is 2. The van der Waals surface area contributed by atoms with Gasteiger partial charge in [0.1, 0.15) is 28.7 Å². The summed E-state index contributed by atoms with van der Waals surface area (Å²) in [5.74, 6) is -2.04. The molecule has 2 amide bonds. The van der Waals surface area contributed by atoms with Crippen LogP contribution >= 0.6 is 0 Å². The van der Waals surface area contributed by atoms with E-state index in [9.17, 15) is 19.2 Å². The molecule has 0 fully saturated rings. The third-order valence-electron chi connectivity index (χ3n) is 4.45. The van der Waals surface area contributed by atoms with E-state index in [1.165, 1.54) is 13.8 Å². The lowest BCUT2D eigenvalue weighted by Crippen LogP contribution is -2.44. The minimum Gasteiger partial charge on any atom is -0.443 e. The Hall–Kier alpha value is -3.55. The van der Waals surface area contributed by atoms with Crippen LogP contribution in [0.3, 0.4) is 0 Å². The lowest BCUT2D eigenvalue weighted by atomic mass is 9.95. The number of benzene rings is 1. The topological polar surface area (TPSA) is 103 Å². The monoisotopic (exact) mass is 468 g/mol. The Bertz CT molecular complexity index is 1040. The Balaban J connectivity index is 2.81. The third kappa shape index (κ3) is 6.97. The van der Waals surface area contributed by atoms with Crippen LogP contribution in [0.1, 0.15) is 67.0 Å². The number of pyridine rings is 1. The van der Waals surface area contributed by atoms with Gasteiger partial charge in [0.25, 0.3) is 0 Å². The Labute approximate surface area is 200 Å². The molecule has 34 heavy (non-hydrogen) atoms. The molecule has 0 saturated heterocycles. The van der Waals surface area contributed by atoms with Gasteiger partial charge in [-0.05, 0) is 73.1 Å². The number of amides is 2. The highest BCUT2D eigenvalue weighted by atomic mass is 16.6. The summed E-state index contributed by atoms with van der Waals surface area (Å²) < 4.78 is 11.0. The molecule has 0 N–H and O–H groups in total. The van der Waals surface area contributed by atoms with Crippen LogP contribution in [0, 0.1) is 0 Å². The first kappa shape index (κ1) is 26.7. The summed E-state index contributed by atoms with van der Waals surface area (Å²) in [5.41, 5.74) is -0.624. The van der Waals surface area contributed by atoms with E-state index in [-0.39, 0.29) is 11.5 Å². The molecule has 0 atom stereocenters. The number of ketones is 2. The highest BCUT2D eigenvalue weighted by Crippen LogP contribution is 2.33. The van der Waals surface area contributed by atoms with Gasteiger partial charge in [-0.15, -0.1) is 0 Å². The molecule has 1 aromatic carbocycles. The van der Waals surface area contributed by atoms with Crippen molar-refractivity contribution in [1.29, 1.82) is 0 Å². The van der Waals surface area contributed by atoms with Gasteiger partial charge in [0.15, 0.2) is 5.82 Å². The first-order valence-electron chi connectivity index (χ1n) is 10.9. The standard InChI is InChI=1S/C26H32N2O6/c1-16(29)21(17(2)30)20-15-14-19(18-12-10-9-11-13-18)22(27-20)28(23(31)33-25(3,4)5)24(32)34-26(6,7)8/h9-15,21H,1-8H3. The number of imide groups is 1. The van der Waals surface area contributed by atoms with Crippen molar-refractivity contribution >= 4 is 29.6 Å². The molecule has 2 aromatic rings. The SMILES string of the molecule is CC(=O)C(C(C)=O)c1ccc(-c2ccccc2)c(N(C(=O)OC(C)(C)C)C(=O)OC(C)(C)C)n1. The molecular formula is C26H32N2O6. The van der Waals surface area contributed by atoms with E-state index in [1.807, 2.05) is 6.07 Å². The van der Waals surface area contributed by atoms with E-state index in [0.29, 0.717) is 16.0 Å². The van der Waals surface area contributed by atoms with E-state index in [0.717, 1.165) is 0 Å². The number of rotatable bonds is 5. The van der Waals surface area contributed by atoms with Crippen LogP contribution in [0.2, 0.25) is 0 Å². The number of hydrogen-bond acceptors (Lipinski definition) is 7. The highest BCUT2D eigenvalue weighted by molar-refractivity contribution is 6.11. The van der Waals surface area contributed by atoms with Crippen LogP contribution in [0.25, 0.3) is 11.1 Å². The average molecular weight is 469 g/mol. The van der Waals surface area contributed by atoms with Crippen molar-refractivity contribution in [2.24, 2.45) is 0 Å². The summed E-state index contributed by atoms with van der Waals surface area (Å²) in [6, 6.07) is 12.2. The minimum absolute atomic E-state index is 0.0975. The lowest BCUT2D eigenvalue weighted by Gasteiger charge is -2.29. The summed E-state index contributed by atoms with van der Waals surface area (Å²) in [4.78, 5) is 56.1. The summed E-state index contributed by atoms with van der Waals surface area (Å²) in [5, 5.41) is 0. The van der Waals surface area contributed by atoms with Crippen molar-refractivity contribution in [3.8, 4) is 11.1 Å². The van der Waals surface area contributed by atoms with Gasteiger partial charge in [-0.3, -0.25) is 9.59 Å². The van der Waals surface area contributed by atoms with Crippen molar-refractivity contribution in [2.75, 3.05) is 4.90 Å². The van der Waals surface area contributed by atoms with Gasteiger partial charge in [0.05, 0.1) is 5.69 Å². The predicted molar refractivity (Wildman–Crippen MR) is 129 cm³/mol. The first-order chi connectivity index (χ1) is 15.6. The van der Waals surface area contributed by atoms with Gasteiger partial charge < -0.3 is 9.47 Å². The van der Waals surface area contributed by atoms with Crippen LogP contribution in [0.15, 0.2) is 42.5 Å². The summed E-state index contributed by atoms with van der Waals surface area (Å²) in [6.45, 7) is 12.6. The van der Waals surface area contributed by atoms with Crippen molar-refractivity contribution in [2.45, 2.75) is 72.5 Å². The number of carbonyl (C=O) groups excluding carboxylic acids is 4. The van der Waals surface area contributed by atoms with Gasteiger partial charge in [0.2, 0.25) is 0 Å². The Kier molecular flexibility index (Phi) is 7.97. The average Bonchev–Trinajstić information content (AvgIpc) is 2.65. The molecular weight excluding hydrogens is 436 g/mol. The zero-order chi connectivity index (χ0) is 25.8. The molecule has 8 heteroatoms. The zero-order valence-electron chi connectivity index (χ0n) is 21.0. The second kappa shape index (κ2) is 10.2. The number of carbonyl (C=O) groups is 4. The summed E-state index contributed by atoms with van der Waals surface area (Å²) >= 11 is 0. The Morgan fingerprint density at radius 3 is 1.65 bits per heavy atom. The predicted octanol–water partition coefficient (Wildman–Crippen LogP) is 5.69. The van der Waals surface area contributed by atoms with Crippen LogP contribution in [-0.2, 0) is 19.1 Å². The fourth-order valence-corrected chi connectivity index (χ4v) is 3.20. The molecule has 0 spiro atoms. The smallest absolute Gasteiger partial charge is 0.425 e. The number of anilines is 1. The second-order valence-corrected chi connectivity index (χ2v) is 9.92. The molecule has 8 nitrogen and oxygen atoms in total. The van der Waals surface area contributed by atoms with Crippen molar-refractivity contribution in [3.05, 3.63) is 48.2 Å². The van der Waals surface area contributed by atoms with Crippen molar-refractivity contribution in [3.63, 3.8) is 0 Å². The van der Waals surface area contributed by atoms with E-state index in [4.69, 9.17) is 9.47 Å². The molecule has 0 radical (unpaired) electrons. The molecule has 1 heterocycles. The molecule has 0 aliphatic heterocycles. The first-order valence-corrected chi connectivity index (χ1v) is 10.9. The maximum atomic E-state index is 13.2. The van der Waals surface area contributed by atoms with Gasteiger partial charge in [-0.1, -0.05) is 30.3 Å². The maximum Gasteiger partial charge on any atom is 0.425 e. The largest absolute Gasteiger partial charge is 0.443 e. The lowest BCUT2D eigenvalue weighted by molar-refractivity contribution is -0.127. The van der Waals surface area contributed by atoms with Crippen LogP contribution in [0.4, 0.5) is 15.4 Å². The summed E-state index contributed by atoms with van der Waals surface area (Å²) in [6.07, 6.45) is -1.99. The maximum absolute atomic E-state index is 13.2. The van der Waals surface area contributed by atoms with Gasteiger partial charge >= 0.3 is 12.2 Å². The number of hydrogen-bond donors (Lipinski definition) is 0. The highest BCUT2D eigenvalue weighted by Gasteiger charge is 2.36. The molecule has 0 bridgehead atoms. The summed E-state index contributed by atoms with van der Waals surface area (Å²) in [7, 11) is 0. The van der Waals surface area contributed by atoms with Crippen molar-refractivity contribution in [1.82, 2.24) is 4.98 Å².